The molecule has 2 aromatic carbocycles. The molecule has 8 nitrogen and oxygen atoms in total. The van der Waals surface area contributed by atoms with Gasteiger partial charge in [0.2, 0.25) is 10.0 Å². The fourth-order valence-corrected chi connectivity index (χ4v) is 6.19. The molecule has 0 saturated carbocycles. The number of ether oxygens (including phenoxy) is 1. The van der Waals surface area contributed by atoms with Gasteiger partial charge in [0.05, 0.1) is 32.2 Å². The molecule has 0 aliphatic carbocycles. The van der Waals surface area contributed by atoms with Crippen molar-refractivity contribution in [2.45, 2.75) is 23.7 Å². The monoisotopic (exact) mass is 433 g/mol. The van der Waals surface area contributed by atoms with Gasteiger partial charge in [0.1, 0.15) is 0 Å². The van der Waals surface area contributed by atoms with Crippen molar-refractivity contribution < 1.29 is 18.1 Å². The Balaban J connectivity index is 1.63. The maximum absolute atomic E-state index is 13.2. The SMILES string of the molecule is COc1ccc(S(=O)(=O)N2CCC[C@@H](c3nc4ccccc4s3)C2)cc1[N+](=O)[O-]. The smallest absolute Gasteiger partial charge is 0.312 e. The number of methoxy groups -OCH3 is 1. The molecule has 0 unspecified atom stereocenters. The maximum Gasteiger partial charge on any atom is 0.312 e. The lowest BCUT2D eigenvalue weighted by Crippen LogP contribution is -2.39. The number of nitro groups is 1. The molecule has 0 spiro atoms. The summed E-state index contributed by atoms with van der Waals surface area (Å²) in [5.41, 5.74) is 0.548. The maximum atomic E-state index is 13.2. The molecule has 1 atom stereocenters. The van der Waals surface area contributed by atoms with E-state index in [-0.39, 0.29) is 22.3 Å². The van der Waals surface area contributed by atoms with Crippen molar-refractivity contribution in [1.29, 1.82) is 0 Å². The normalized spacial score (nSPS) is 18.0. The Labute approximate surface area is 172 Å². The van der Waals surface area contributed by atoms with Gasteiger partial charge in [-0.2, -0.15) is 4.31 Å². The van der Waals surface area contributed by atoms with Gasteiger partial charge in [-0.3, -0.25) is 10.1 Å². The van der Waals surface area contributed by atoms with Gasteiger partial charge in [0.15, 0.2) is 5.75 Å². The van der Waals surface area contributed by atoms with Crippen molar-refractivity contribution in [3.05, 3.63) is 57.6 Å². The highest BCUT2D eigenvalue weighted by molar-refractivity contribution is 7.89. The van der Waals surface area contributed by atoms with Crippen molar-refractivity contribution in [3.63, 3.8) is 0 Å². The number of hydrogen-bond acceptors (Lipinski definition) is 7. The molecule has 2 heterocycles. The van der Waals surface area contributed by atoms with E-state index in [9.17, 15) is 18.5 Å². The molecule has 1 fully saturated rings. The second-order valence-corrected chi connectivity index (χ2v) is 9.81. The molecule has 0 N–H and O–H groups in total. The number of para-hydroxylation sites is 1. The number of benzene rings is 2. The summed E-state index contributed by atoms with van der Waals surface area (Å²) in [4.78, 5) is 15.2. The zero-order chi connectivity index (χ0) is 20.6. The number of hydrogen-bond donors (Lipinski definition) is 0. The van der Waals surface area contributed by atoms with Crippen LogP contribution in [0, 0.1) is 10.1 Å². The van der Waals surface area contributed by atoms with Crippen LogP contribution >= 0.6 is 11.3 Å². The summed E-state index contributed by atoms with van der Waals surface area (Å²) in [5, 5.41) is 12.2. The molecule has 3 aromatic rings. The first-order valence-electron chi connectivity index (χ1n) is 9.08. The molecule has 1 saturated heterocycles. The van der Waals surface area contributed by atoms with Crippen LogP contribution in [0.3, 0.4) is 0 Å². The van der Waals surface area contributed by atoms with Gasteiger partial charge >= 0.3 is 5.69 Å². The lowest BCUT2D eigenvalue weighted by molar-refractivity contribution is -0.386. The molecule has 1 aliphatic rings. The van der Waals surface area contributed by atoms with Crippen molar-refractivity contribution >= 4 is 37.3 Å². The average molecular weight is 434 g/mol. The zero-order valence-corrected chi connectivity index (χ0v) is 17.3. The van der Waals surface area contributed by atoms with Crippen molar-refractivity contribution in [3.8, 4) is 5.75 Å². The minimum Gasteiger partial charge on any atom is -0.490 e. The minimum absolute atomic E-state index is 0.00385. The Kier molecular flexibility index (Phi) is 5.24. The van der Waals surface area contributed by atoms with E-state index in [1.54, 1.807) is 11.3 Å². The number of nitrogens with zero attached hydrogens (tertiary/aromatic N) is 3. The molecule has 152 valence electrons. The van der Waals surface area contributed by atoms with Crippen molar-refractivity contribution in [2.24, 2.45) is 0 Å². The van der Waals surface area contributed by atoms with Crippen molar-refractivity contribution in [1.82, 2.24) is 9.29 Å². The van der Waals surface area contributed by atoms with E-state index in [1.165, 1.54) is 23.5 Å². The summed E-state index contributed by atoms with van der Waals surface area (Å²) in [6.45, 7) is 0.686. The molecule has 1 aromatic heterocycles. The van der Waals surface area contributed by atoms with Gasteiger partial charge in [-0.05, 0) is 37.1 Å². The quantitative estimate of drug-likeness (QED) is 0.448. The number of sulfonamides is 1. The fraction of sp³-hybridized carbons (Fsp3) is 0.316. The minimum atomic E-state index is -3.86. The third kappa shape index (κ3) is 3.70. The summed E-state index contributed by atoms with van der Waals surface area (Å²) in [5.74, 6) is 0.0316. The molecular formula is C19H19N3O5S2. The van der Waals surface area contributed by atoms with Gasteiger partial charge in [-0.25, -0.2) is 13.4 Å². The summed E-state index contributed by atoms with van der Waals surface area (Å²) >= 11 is 1.59. The highest BCUT2D eigenvalue weighted by Crippen LogP contribution is 2.36. The molecular weight excluding hydrogens is 414 g/mol. The number of rotatable bonds is 5. The number of fused-ring (bicyclic) bond motifs is 1. The van der Waals surface area contributed by atoms with Crippen LogP contribution in [0.5, 0.6) is 5.75 Å². The van der Waals surface area contributed by atoms with Gasteiger partial charge in [0, 0.05) is 25.1 Å². The third-order valence-corrected chi connectivity index (χ3v) is 8.09. The van der Waals surface area contributed by atoms with Gasteiger partial charge in [-0.15, -0.1) is 11.3 Å². The first-order chi connectivity index (χ1) is 13.9. The van der Waals surface area contributed by atoms with E-state index >= 15 is 0 Å². The summed E-state index contributed by atoms with van der Waals surface area (Å²) < 4.78 is 33.8. The fourth-order valence-electron chi connectivity index (χ4n) is 3.55. The van der Waals surface area contributed by atoms with Gasteiger partial charge in [-0.1, -0.05) is 12.1 Å². The second kappa shape index (κ2) is 7.69. The summed E-state index contributed by atoms with van der Waals surface area (Å²) in [6.07, 6.45) is 1.56. The molecule has 1 aliphatic heterocycles. The van der Waals surface area contributed by atoms with Crippen LogP contribution in [0.1, 0.15) is 23.8 Å². The zero-order valence-electron chi connectivity index (χ0n) is 15.6. The Morgan fingerprint density at radius 1 is 1.28 bits per heavy atom. The standard InChI is InChI=1S/C19H19N3O5S2/c1-27-17-9-8-14(11-16(17)22(23)24)29(25,26)21-10-4-5-13(12-21)19-20-15-6-2-3-7-18(15)28-19/h2-3,6-9,11,13H,4-5,10,12H2,1H3/t13-/m1/s1. The molecule has 29 heavy (non-hydrogen) atoms. The highest BCUT2D eigenvalue weighted by atomic mass is 32.2. The highest BCUT2D eigenvalue weighted by Gasteiger charge is 2.33. The largest absolute Gasteiger partial charge is 0.490 e. The predicted molar refractivity (Wildman–Crippen MR) is 110 cm³/mol. The van der Waals surface area contributed by atoms with E-state index in [4.69, 9.17) is 4.74 Å². The third-order valence-electron chi connectivity index (χ3n) is 5.03. The van der Waals surface area contributed by atoms with Crippen LogP contribution in [-0.2, 0) is 10.0 Å². The van der Waals surface area contributed by atoms with Crippen LogP contribution in [0.25, 0.3) is 10.2 Å². The lowest BCUT2D eigenvalue weighted by Gasteiger charge is -2.31. The van der Waals surface area contributed by atoms with E-state index in [0.29, 0.717) is 19.5 Å². The number of thiazole rings is 1. The Morgan fingerprint density at radius 3 is 2.79 bits per heavy atom. The second-order valence-electron chi connectivity index (χ2n) is 6.81. The van der Waals surface area contributed by atoms with E-state index in [1.807, 2.05) is 24.3 Å². The summed E-state index contributed by atoms with van der Waals surface area (Å²) in [7, 11) is -2.55. The van der Waals surface area contributed by atoms with Gasteiger partial charge < -0.3 is 4.74 Å². The van der Waals surface area contributed by atoms with E-state index in [0.717, 1.165) is 27.7 Å². The molecule has 0 bridgehead atoms. The Hall–Kier alpha value is -2.56. The van der Waals surface area contributed by atoms with E-state index in [2.05, 4.69) is 4.98 Å². The number of nitro benzene ring substituents is 1. The summed E-state index contributed by atoms with van der Waals surface area (Å²) in [6, 6.07) is 11.6. The van der Waals surface area contributed by atoms with E-state index < -0.39 is 14.9 Å². The van der Waals surface area contributed by atoms with Crippen LogP contribution in [0.4, 0.5) is 5.69 Å². The molecule has 0 amide bonds. The number of aromatic nitrogens is 1. The van der Waals surface area contributed by atoms with Crippen LogP contribution in [0.15, 0.2) is 47.4 Å². The first kappa shape index (κ1) is 19.7. The van der Waals surface area contributed by atoms with Crippen molar-refractivity contribution in [2.75, 3.05) is 20.2 Å². The van der Waals surface area contributed by atoms with Crippen LogP contribution < -0.4 is 4.74 Å². The lowest BCUT2D eigenvalue weighted by atomic mass is 10.0. The van der Waals surface area contributed by atoms with Crippen LogP contribution in [0.2, 0.25) is 0 Å². The predicted octanol–water partition coefficient (Wildman–Crippen LogP) is 3.78. The average Bonchev–Trinajstić information content (AvgIpc) is 3.17. The van der Waals surface area contributed by atoms with Gasteiger partial charge in [0.25, 0.3) is 0 Å². The molecule has 4 rings (SSSR count). The van der Waals surface area contributed by atoms with Crippen LogP contribution in [-0.4, -0.2) is 42.8 Å². The topological polar surface area (TPSA) is 103 Å². The Morgan fingerprint density at radius 2 is 2.07 bits per heavy atom. The number of piperidine rings is 1. The molecule has 0 radical (unpaired) electrons. The Bertz CT molecular complexity index is 1140. The first-order valence-corrected chi connectivity index (χ1v) is 11.3. The molecule has 10 heteroatoms.